The van der Waals surface area contributed by atoms with Gasteiger partial charge in [0.15, 0.2) is 17.5 Å². The summed E-state index contributed by atoms with van der Waals surface area (Å²) in [7, 11) is 0. The number of benzene rings is 2. The second kappa shape index (κ2) is 11.3. The molecular weight excluding hydrogens is 518 g/mol. The second-order valence-electron chi connectivity index (χ2n) is 9.46. The maximum atomic E-state index is 4.96. The van der Waals surface area contributed by atoms with E-state index in [0.29, 0.717) is 28.9 Å². The molecule has 0 radical (unpaired) electrons. The van der Waals surface area contributed by atoms with E-state index < -0.39 is 0 Å². The molecule has 198 valence electrons. The summed E-state index contributed by atoms with van der Waals surface area (Å²) in [6.07, 6.45) is 3.51. The maximum absolute atomic E-state index is 4.96. The molecule has 0 spiro atoms. The number of nitrogens with zero attached hydrogens (tertiary/aromatic N) is 7. The zero-order chi connectivity index (χ0) is 28.1. The van der Waals surface area contributed by atoms with Crippen LogP contribution in [-0.4, -0.2) is 34.9 Å². The highest BCUT2D eigenvalue weighted by Gasteiger charge is 2.17. The predicted octanol–water partition coefficient (Wildman–Crippen LogP) is 7.45. The normalized spacial score (nSPS) is 10.9. The Morgan fingerprint density at radius 2 is 0.738 bits per heavy atom. The minimum Gasteiger partial charge on any atom is -0.255 e. The Labute approximate surface area is 242 Å². The van der Waals surface area contributed by atoms with Crippen molar-refractivity contribution in [3.63, 3.8) is 0 Å². The Kier molecular flexibility index (Phi) is 6.72. The highest BCUT2D eigenvalue weighted by molar-refractivity contribution is 5.81. The summed E-state index contributed by atoms with van der Waals surface area (Å²) >= 11 is 0. The third-order valence-electron chi connectivity index (χ3n) is 6.70. The molecule has 2 aromatic carbocycles. The van der Waals surface area contributed by atoms with Gasteiger partial charge in [0, 0.05) is 18.0 Å². The largest absolute Gasteiger partial charge is 0.255 e. The van der Waals surface area contributed by atoms with Crippen molar-refractivity contribution < 1.29 is 0 Å². The van der Waals surface area contributed by atoms with Crippen LogP contribution in [-0.2, 0) is 0 Å². The zero-order valence-electron chi connectivity index (χ0n) is 22.4. The van der Waals surface area contributed by atoms with Crippen molar-refractivity contribution in [3.05, 3.63) is 140 Å². The van der Waals surface area contributed by atoms with Crippen LogP contribution in [0.5, 0.6) is 0 Å². The lowest BCUT2D eigenvalue weighted by molar-refractivity contribution is 1.05. The molecule has 0 aliphatic carbocycles. The van der Waals surface area contributed by atoms with E-state index in [0.717, 1.165) is 39.5 Å². The summed E-state index contributed by atoms with van der Waals surface area (Å²) in [6, 6.07) is 41.4. The van der Waals surface area contributed by atoms with E-state index in [1.165, 1.54) is 0 Å². The fourth-order valence-electron chi connectivity index (χ4n) is 4.71. The first-order chi connectivity index (χ1) is 20.8. The van der Waals surface area contributed by atoms with Gasteiger partial charge in [0.05, 0.1) is 22.8 Å². The zero-order valence-corrected chi connectivity index (χ0v) is 22.4. The fourth-order valence-corrected chi connectivity index (χ4v) is 4.71. The number of hydrogen-bond acceptors (Lipinski definition) is 7. The highest BCUT2D eigenvalue weighted by atomic mass is 15.1. The Bertz CT molecular complexity index is 1880. The summed E-state index contributed by atoms with van der Waals surface area (Å²) < 4.78 is 0. The first kappa shape index (κ1) is 25.0. The van der Waals surface area contributed by atoms with Crippen molar-refractivity contribution >= 4 is 0 Å². The highest BCUT2D eigenvalue weighted by Crippen LogP contribution is 2.32. The maximum Gasteiger partial charge on any atom is 0.182 e. The molecule has 0 atom stereocenters. The molecule has 7 rings (SSSR count). The van der Waals surface area contributed by atoms with Gasteiger partial charge in [-0.25, -0.2) is 24.9 Å². The number of rotatable bonds is 6. The van der Waals surface area contributed by atoms with E-state index in [9.17, 15) is 0 Å². The smallest absolute Gasteiger partial charge is 0.182 e. The van der Waals surface area contributed by atoms with Gasteiger partial charge in [-0.2, -0.15) is 0 Å². The molecule has 0 aliphatic heterocycles. The monoisotopic (exact) mass is 541 g/mol. The molecule has 0 aliphatic rings. The third-order valence-corrected chi connectivity index (χ3v) is 6.70. The van der Waals surface area contributed by atoms with Crippen molar-refractivity contribution in [2.24, 2.45) is 0 Å². The van der Waals surface area contributed by atoms with Crippen LogP contribution in [0.4, 0.5) is 0 Å². The molecule has 42 heavy (non-hydrogen) atoms. The SMILES string of the molecule is c1ccc(-c2ccccc2-c2nc(-c3cccc(-c4ccccn4)n3)nc(-c3cccc(-c4ccccn4)n3)n2)cc1. The first-order valence-electron chi connectivity index (χ1n) is 13.5. The van der Waals surface area contributed by atoms with Gasteiger partial charge in [0.1, 0.15) is 11.4 Å². The van der Waals surface area contributed by atoms with Gasteiger partial charge in [-0.3, -0.25) is 9.97 Å². The standard InChI is InChI=1S/C35H23N7/c1-2-12-24(13-3-1)25-14-4-5-15-26(25)33-40-34(31-20-10-18-29(38-31)27-16-6-8-22-36-27)42-35(41-33)32-21-11-19-30(39-32)28-17-7-9-23-37-28/h1-23H. The summed E-state index contributed by atoms with van der Waals surface area (Å²) in [4.78, 5) is 33.5. The Balaban J connectivity index is 1.42. The van der Waals surface area contributed by atoms with Gasteiger partial charge in [-0.15, -0.1) is 0 Å². The second-order valence-corrected chi connectivity index (χ2v) is 9.46. The van der Waals surface area contributed by atoms with Crippen LogP contribution in [0.3, 0.4) is 0 Å². The molecule has 7 aromatic rings. The summed E-state index contributed by atoms with van der Waals surface area (Å²) in [5.74, 6) is 1.42. The molecular formula is C35H23N7. The first-order valence-corrected chi connectivity index (χ1v) is 13.5. The van der Waals surface area contributed by atoms with Crippen LogP contribution in [0, 0.1) is 0 Å². The average Bonchev–Trinajstić information content (AvgIpc) is 3.09. The number of pyridine rings is 4. The van der Waals surface area contributed by atoms with Gasteiger partial charge >= 0.3 is 0 Å². The molecule has 0 N–H and O–H groups in total. The summed E-state index contributed by atoms with van der Waals surface area (Å²) in [5.41, 5.74) is 7.21. The van der Waals surface area contributed by atoms with E-state index in [1.54, 1.807) is 12.4 Å². The molecule has 7 nitrogen and oxygen atoms in total. The van der Waals surface area contributed by atoms with E-state index in [-0.39, 0.29) is 0 Å². The van der Waals surface area contributed by atoms with Crippen LogP contribution in [0.25, 0.3) is 68.3 Å². The molecule has 0 saturated carbocycles. The van der Waals surface area contributed by atoms with Gasteiger partial charge in [-0.1, -0.05) is 78.9 Å². The molecule has 5 aromatic heterocycles. The lowest BCUT2D eigenvalue weighted by Gasteiger charge is -2.12. The molecule has 0 bridgehead atoms. The molecule has 0 amide bonds. The number of aromatic nitrogens is 7. The van der Waals surface area contributed by atoms with Crippen molar-refractivity contribution in [2.45, 2.75) is 0 Å². The molecule has 0 saturated heterocycles. The van der Waals surface area contributed by atoms with Crippen molar-refractivity contribution in [1.29, 1.82) is 0 Å². The lowest BCUT2D eigenvalue weighted by Crippen LogP contribution is -2.03. The Hall–Kier alpha value is -5.95. The van der Waals surface area contributed by atoms with Crippen LogP contribution in [0.15, 0.2) is 140 Å². The van der Waals surface area contributed by atoms with Crippen LogP contribution >= 0.6 is 0 Å². The summed E-state index contributed by atoms with van der Waals surface area (Å²) in [5, 5.41) is 0. The Morgan fingerprint density at radius 3 is 1.29 bits per heavy atom. The van der Waals surface area contributed by atoms with Crippen molar-refractivity contribution in [1.82, 2.24) is 34.9 Å². The molecule has 5 heterocycles. The summed E-state index contributed by atoms with van der Waals surface area (Å²) in [6.45, 7) is 0. The van der Waals surface area contributed by atoms with Crippen molar-refractivity contribution in [2.75, 3.05) is 0 Å². The van der Waals surface area contributed by atoms with Gasteiger partial charge in [0.25, 0.3) is 0 Å². The lowest BCUT2D eigenvalue weighted by atomic mass is 9.99. The van der Waals surface area contributed by atoms with Crippen LogP contribution < -0.4 is 0 Å². The number of hydrogen-bond donors (Lipinski definition) is 0. The van der Waals surface area contributed by atoms with Gasteiger partial charge < -0.3 is 0 Å². The topological polar surface area (TPSA) is 90.2 Å². The minimum atomic E-state index is 0.445. The van der Waals surface area contributed by atoms with E-state index in [2.05, 4.69) is 28.2 Å². The van der Waals surface area contributed by atoms with E-state index >= 15 is 0 Å². The quantitative estimate of drug-likeness (QED) is 0.216. The average molecular weight is 542 g/mol. The molecule has 7 heteroatoms. The third kappa shape index (κ3) is 5.14. The Morgan fingerprint density at radius 1 is 0.286 bits per heavy atom. The molecule has 0 fully saturated rings. The van der Waals surface area contributed by atoms with E-state index in [1.807, 2.05) is 109 Å². The fraction of sp³-hybridized carbons (Fsp3) is 0. The molecule has 0 unspecified atom stereocenters. The minimum absolute atomic E-state index is 0.445. The van der Waals surface area contributed by atoms with Gasteiger partial charge in [0.2, 0.25) is 0 Å². The van der Waals surface area contributed by atoms with Gasteiger partial charge in [-0.05, 0) is 59.7 Å². The van der Waals surface area contributed by atoms with Crippen LogP contribution in [0.2, 0.25) is 0 Å². The van der Waals surface area contributed by atoms with Crippen LogP contribution in [0.1, 0.15) is 0 Å². The van der Waals surface area contributed by atoms with E-state index in [4.69, 9.17) is 24.9 Å². The van der Waals surface area contributed by atoms with Crippen molar-refractivity contribution in [3.8, 4) is 68.3 Å². The predicted molar refractivity (Wildman–Crippen MR) is 164 cm³/mol.